The maximum Gasteiger partial charge on any atom is 0.237 e. The molecule has 1 unspecified atom stereocenters. The molecule has 1 N–H and O–H groups in total. The van der Waals surface area contributed by atoms with Crippen LogP contribution in [0.2, 0.25) is 0 Å². The fraction of sp³-hybridized carbons (Fsp3) is 0.895. The molecule has 2 amide bonds. The summed E-state index contributed by atoms with van der Waals surface area (Å²) < 4.78 is 0. The van der Waals surface area contributed by atoms with Crippen molar-refractivity contribution in [3.63, 3.8) is 0 Å². The van der Waals surface area contributed by atoms with E-state index in [9.17, 15) is 9.59 Å². The molecular weight excluding hydrogens is 302 g/mol. The van der Waals surface area contributed by atoms with E-state index in [0.29, 0.717) is 24.3 Å². The first-order valence-corrected chi connectivity index (χ1v) is 9.87. The monoisotopic (exact) mass is 335 g/mol. The Balaban J connectivity index is 1.57. The van der Waals surface area contributed by atoms with Crippen LogP contribution in [0.3, 0.4) is 0 Å². The van der Waals surface area contributed by atoms with Gasteiger partial charge < -0.3 is 10.2 Å². The summed E-state index contributed by atoms with van der Waals surface area (Å²) >= 11 is 0. The predicted octanol–water partition coefficient (Wildman–Crippen LogP) is 2.01. The molecule has 5 heteroatoms. The Morgan fingerprint density at radius 2 is 1.62 bits per heavy atom. The summed E-state index contributed by atoms with van der Waals surface area (Å²) in [4.78, 5) is 29.4. The van der Waals surface area contributed by atoms with Crippen LogP contribution in [0.25, 0.3) is 0 Å². The van der Waals surface area contributed by atoms with Crippen LogP contribution in [0.1, 0.15) is 58.8 Å². The first kappa shape index (κ1) is 17.7. The maximum atomic E-state index is 12.8. The van der Waals surface area contributed by atoms with Gasteiger partial charge in [0.2, 0.25) is 11.8 Å². The number of nitrogens with zero attached hydrogens (tertiary/aromatic N) is 2. The highest BCUT2D eigenvalue weighted by Gasteiger charge is 2.38. The van der Waals surface area contributed by atoms with Crippen LogP contribution < -0.4 is 5.32 Å². The summed E-state index contributed by atoms with van der Waals surface area (Å²) in [6, 6.07) is 0.450. The zero-order valence-corrected chi connectivity index (χ0v) is 15.3. The minimum atomic E-state index is 0.0236. The topological polar surface area (TPSA) is 52.7 Å². The lowest BCUT2D eigenvalue weighted by molar-refractivity contribution is -0.136. The van der Waals surface area contributed by atoms with Gasteiger partial charge in [-0.3, -0.25) is 14.5 Å². The molecule has 1 heterocycles. The molecular formula is C19H33N3O2. The van der Waals surface area contributed by atoms with Gasteiger partial charge in [-0.05, 0) is 37.5 Å². The Morgan fingerprint density at radius 3 is 2.17 bits per heavy atom. The second kappa shape index (κ2) is 7.85. The third-order valence-electron chi connectivity index (χ3n) is 5.68. The van der Waals surface area contributed by atoms with Gasteiger partial charge in [0.15, 0.2) is 0 Å². The van der Waals surface area contributed by atoms with Gasteiger partial charge in [-0.15, -0.1) is 0 Å². The van der Waals surface area contributed by atoms with E-state index in [1.165, 1.54) is 25.7 Å². The second-order valence-corrected chi connectivity index (χ2v) is 8.29. The van der Waals surface area contributed by atoms with E-state index in [1.807, 2.05) is 4.90 Å². The highest BCUT2D eigenvalue weighted by atomic mass is 16.2. The lowest BCUT2D eigenvalue weighted by Gasteiger charge is -2.41. The van der Waals surface area contributed by atoms with Crippen LogP contribution in [-0.4, -0.2) is 59.9 Å². The minimum absolute atomic E-state index is 0.0236. The standard InChI is InChI=1S/C19H33N3O2/c1-14(2)13-17(23)21-9-11-22(12-10-21)18(15-5-3-4-6-15)19(24)20-16-7-8-16/h14-16,18H,3-13H2,1-2H3,(H,20,24). The highest BCUT2D eigenvalue weighted by molar-refractivity contribution is 5.83. The van der Waals surface area contributed by atoms with E-state index < -0.39 is 0 Å². The first-order chi connectivity index (χ1) is 11.5. The molecule has 24 heavy (non-hydrogen) atoms. The van der Waals surface area contributed by atoms with Gasteiger partial charge in [0, 0.05) is 38.6 Å². The predicted molar refractivity (Wildman–Crippen MR) is 94.5 cm³/mol. The normalized spacial score (nSPS) is 24.4. The van der Waals surface area contributed by atoms with Crippen molar-refractivity contribution in [1.82, 2.24) is 15.1 Å². The fourth-order valence-corrected chi connectivity index (χ4v) is 4.19. The lowest BCUT2D eigenvalue weighted by Crippen LogP contribution is -2.58. The fourth-order valence-electron chi connectivity index (χ4n) is 4.19. The van der Waals surface area contributed by atoms with Gasteiger partial charge in [0.1, 0.15) is 0 Å². The van der Waals surface area contributed by atoms with Crippen molar-refractivity contribution in [3.8, 4) is 0 Å². The Bertz CT molecular complexity index is 448. The summed E-state index contributed by atoms with van der Waals surface area (Å²) in [6.07, 6.45) is 7.77. The largest absolute Gasteiger partial charge is 0.352 e. The van der Waals surface area contributed by atoms with E-state index in [2.05, 4.69) is 24.1 Å². The molecule has 3 rings (SSSR count). The van der Waals surface area contributed by atoms with Crippen LogP contribution in [0.15, 0.2) is 0 Å². The Kier molecular flexibility index (Phi) is 5.80. The molecule has 0 bridgehead atoms. The summed E-state index contributed by atoms with van der Waals surface area (Å²) in [7, 11) is 0. The molecule has 0 aromatic heterocycles. The Morgan fingerprint density at radius 1 is 1.00 bits per heavy atom. The number of carbonyl (C=O) groups excluding carboxylic acids is 2. The molecule has 1 saturated heterocycles. The molecule has 0 aromatic carbocycles. The smallest absolute Gasteiger partial charge is 0.237 e. The number of carbonyl (C=O) groups is 2. The van der Waals surface area contributed by atoms with E-state index in [-0.39, 0.29) is 17.9 Å². The number of hydrogen-bond acceptors (Lipinski definition) is 3. The molecule has 0 radical (unpaired) electrons. The van der Waals surface area contributed by atoms with Gasteiger partial charge in [0.25, 0.3) is 0 Å². The lowest BCUT2D eigenvalue weighted by atomic mass is 9.95. The third kappa shape index (κ3) is 4.50. The van der Waals surface area contributed by atoms with Crippen LogP contribution in [0.4, 0.5) is 0 Å². The summed E-state index contributed by atoms with van der Waals surface area (Å²) in [5, 5.41) is 3.23. The van der Waals surface area contributed by atoms with Crippen molar-refractivity contribution in [2.24, 2.45) is 11.8 Å². The average molecular weight is 335 g/mol. The molecule has 1 atom stereocenters. The number of amides is 2. The number of nitrogens with one attached hydrogen (secondary N) is 1. The molecule has 136 valence electrons. The molecule has 0 spiro atoms. The van der Waals surface area contributed by atoms with Crippen molar-refractivity contribution >= 4 is 11.8 Å². The average Bonchev–Trinajstić information content (AvgIpc) is 3.19. The van der Waals surface area contributed by atoms with Crippen molar-refractivity contribution in [3.05, 3.63) is 0 Å². The highest BCUT2D eigenvalue weighted by Crippen LogP contribution is 2.32. The maximum absolute atomic E-state index is 12.8. The molecule has 1 aliphatic heterocycles. The molecule has 0 aromatic rings. The van der Waals surface area contributed by atoms with E-state index in [1.54, 1.807) is 0 Å². The number of hydrogen-bond donors (Lipinski definition) is 1. The number of rotatable bonds is 6. The zero-order valence-electron chi connectivity index (χ0n) is 15.3. The second-order valence-electron chi connectivity index (χ2n) is 8.29. The van der Waals surface area contributed by atoms with Crippen molar-refractivity contribution in [2.75, 3.05) is 26.2 Å². The molecule has 3 aliphatic rings. The van der Waals surface area contributed by atoms with E-state index in [0.717, 1.165) is 39.0 Å². The van der Waals surface area contributed by atoms with Crippen LogP contribution in [0, 0.1) is 11.8 Å². The van der Waals surface area contributed by atoms with Gasteiger partial charge in [-0.1, -0.05) is 26.7 Å². The zero-order chi connectivity index (χ0) is 17.1. The van der Waals surface area contributed by atoms with Gasteiger partial charge >= 0.3 is 0 Å². The van der Waals surface area contributed by atoms with Crippen molar-refractivity contribution in [1.29, 1.82) is 0 Å². The van der Waals surface area contributed by atoms with Gasteiger partial charge in [-0.2, -0.15) is 0 Å². The minimum Gasteiger partial charge on any atom is -0.352 e. The molecule has 3 fully saturated rings. The summed E-state index contributed by atoms with van der Waals surface area (Å²) in [5.74, 6) is 1.42. The van der Waals surface area contributed by atoms with Crippen molar-refractivity contribution < 1.29 is 9.59 Å². The molecule has 2 saturated carbocycles. The van der Waals surface area contributed by atoms with Crippen LogP contribution in [0.5, 0.6) is 0 Å². The van der Waals surface area contributed by atoms with Gasteiger partial charge in [-0.25, -0.2) is 0 Å². The Hall–Kier alpha value is -1.10. The van der Waals surface area contributed by atoms with E-state index >= 15 is 0 Å². The first-order valence-electron chi connectivity index (χ1n) is 9.87. The van der Waals surface area contributed by atoms with Gasteiger partial charge in [0.05, 0.1) is 6.04 Å². The number of piperazine rings is 1. The van der Waals surface area contributed by atoms with Crippen LogP contribution >= 0.6 is 0 Å². The Labute approximate surface area is 146 Å². The van der Waals surface area contributed by atoms with Crippen LogP contribution in [-0.2, 0) is 9.59 Å². The summed E-state index contributed by atoms with van der Waals surface area (Å²) in [5.41, 5.74) is 0. The SMILES string of the molecule is CC(C)CC(=O)N1CCN(C(C(=O)NC2CC2)C2CCCC2)CC1. The third-order valence-corrected chi connectivity index (χ3v) is 5.68. The van der Waals surface area contributed by atoms with Crippen molar-refractivity contribution in [2.45, 2.75) is 70.9 Å². The van der Waals surface area contributed by atoms with E-state index in [4.69, 9.17) is 0 Å². The summed E-state index contributed by atoms with van der Waals surface area (Å²) in [6.45, 7) is 7.39. The quantitative estimate of drug-likeness (QED) is 0.808. The molecule has 5 nitrogen and oxygen atoms in total. The molecule has 2 aliphatic carbocycles.